The molecule has 1 aromatic carbocycles. The maximum Gasteiger partial charge on any atom is 0.255 e. The first-order chi connectivity index (χ1) is 14.4. The number of anilines is 1. The van der Waals surface area contributed by atoms with Crippen LogP contribution in [0.25, 0.3) is 10.9 Å². The number of carbonyl (C=O) groups is 1. The lowest BCUT2D eigenvalue weighted by atomic mass is 10.0. The molecule has 0 spiro atoms. The van der Waals surface area contributed by atoms with Crippen molar-refractivity contribution in [3.8, 4) is 0 Å². The number of hydrogen-bond donors (Lipinski definition) is 3. The van der Waals surface area contributed by atoms with E-state index in [0.717, 1.165) is 33.7 Å². The average Bonchev–Trinajstić information content (AvgIpc) is 3.33. The molecule has 4 rings (SSSR count). The molecule has 0 saturated carbocycles. The van der Waals surface area contributed by atoms with E-state index in [1.807, 2.05) is 63.3 Å². The van der Waals surface area contributed by atoms with Crippen LogP contribution in [0.15, 0.2) is 42.7 Å². The third-order valence-electron chi connectivity index (χ3n) is 5.14. The lowest BCUT2D eigenvalue weighted by molar-refractivity contribution is 0.0935. The average molecular weight is 403 g/mol. The second kappa shape index (κ2) is 7.98. The Morgan fingerprint density at radius 1 is 1.20 bits per heavy atom. The van der Waals surface area contributed by atoms with Gasteiger partial charge in [-0.15, -0.1) is 0 Å². The van der Waals surface area contributed by atoms with E-state index >= 15 is 0 Å². The molecule has 0 saturated heterocycles. The van der Waals surface area contributed by atoms with Gasteiger partial charge in [0.2, 0.25) is 0 Å². The lowest BCUT2D eigenvalue weighted by Crippen LogP contribution is -2.31. The molecule has 30 heavy (non-hydrogen) atoms. The summed E-state index contributed by atoms with van der Waals surface area (Å²) < 4.78 is 0. The molecule has 0 bridgehead atoms. The van der Waals surface area contributed by atoms with Crippen LogP contribution in [0.2, 0.25) is 0 Å². The number of fused-ring (bicyclic) bond motifs is 1. The Morgan fingerprint density at radius 3 is 2.73 bits per heavy atom. The van der Waals surface area contributed by atoms with Crippen LogP contribution in [0, 0.1) is 13.8 Å². The molecule has 154 valence electrons. The number of aromatic nitrogens is 5. The topological polar surface area (TPSA) is 103 Å². The number of nitrogens with one attached hydrogen (secondary N) is 3. The maximum absolute atomic E-state index is 13.0. The van der Waals surface area contributed by atoms with E-state index in [4.69, 9.17) is 0 Å². The molecular formula is C22H25N7O. The van der Waals surface area contributed by atoms with Gasteiger partial charge in [-0.2, -0.15) is 5.10 Å². The molecule has 0 aliphatic heterocycles. The number of H-pyrrole nitrogens is 2. The van der Waals surface area contributed by atoms with Gasteiger partial charge in [-0.1, -0.05) is 18.2 Å². The molecule has 8 heteroatoms. The monoisotopic (exact) mass is 403 g/mol. The zero-order valence-electron chi connectivity index (χ0n) is 17.5. The van der Waals surface area contributed by atoms with Gasteiger partial charge in [-0.05, 0) is 25.5 Å². The fraction of sp³-hybridized carbons (Fsp3) is 0.273. The van der Waals surface area contributed by atoms with Crippen LogP contribution in [0.3, 0.4) is 0 Å². The van der Waals surface area contributed by atoms with Crippen molar-refractivity contribution in [2.45, 2.75) is 26.3 Å². The highest BCUT2D eigenvalue weighted by Gasteiger charge is 2.22. The Labute approximate surface area is 174 Å². The van der Waals surface area contributed by atoms with Crippen molar-refractivity contribution in [3.63, 3.8) is 0 Å². The Kier molecular flexibility index (Phi) is 5.22. The first kappa shape index (κ1) is 19.6. The van der Waals surface area contributed by atoms with Gasteiger partial charge in [0.1, 0.15) is 11.6 Å². The SMILES string of the molecule is Cc1nc([C@@H](Cc2c[nH]c3ccccc23)NC(=O)c2cn[nH]c2C)cc(N(C)C)n1. The summed E-state index contributed by atoms with van der Waals surface area (Å²) in [6.07, 6.45) is 4.13. The minimum atomic E-state index is -0.327. The van der Waals surface area contributed by atoms with Gasteiger partial charge in [0.25, 0.3) is 5.91 Å². The molecule has 1 amide bonds. The van der Waals surface area contributed by atoms with Gasteiger partial charge >= 0.3 is 0 Å². The summed E-state index contributed by atoms with van der Waals surface area (Å²) in [5.74, 6) is 1.28. The number of nitrogens with zero attached hydrogens (tertiary/aromatic N) is 4. The van der Waals surface area contributed by atoms with E-state index in [2.05, 4.69) is 36.5 Å². The number of aromatic amines is 2. The smallest absolute Gasteiger partial charge is 0.255 e. The van der Waals surface area contributed by atoms with Crippen LogP contribution in [0.1, 0.15) is 39.2 Å². The van der Waals surface area contributed by atoms with Crippen molar-refractivity contribution < 1.29 is 4.79 Å². The fourth-order valence-electron chi connectivity index (χ4n) is 3.55. The molecule has 4 aromatic rings. The van der Waals surface area contributed by atoms with Crippen molar-refractivity contribution in [2.75, 3.05) is 19.0 Å². The second-order valence-corrected chi connectivity index (χ2v) is 7.59. The highest BCUT2D eigenvalue weighted by Crippen LogP contribution is 2.25. The van der Waals surface area contributed by atoms with Gasteiger partial charge in [-0.25, -0.2) is 9.97 Å². The molecular weight excluding hydrogens is 378 g/mol. The molecule has 3 aromatic heterocycles. The summed E-state index contributed by atoms with van der Waals surface area (Å²) in [6.45, 7) is 3.69. The van der Waals surface area contributed by atoms with Crippen LogP contribution in [0.4, 0.5) is 5.82 Å². The van der Waals surface area contributed by atoms with Gasteiger partial charge in [0.05, 0.1) is 23.5 Å². The molecule has 3 N–H and O–H groups in total. The zero-order chi connectivity index (χ0) is 21.3. The number of amides is 1. The Balaban J connectivity index is 1.73. The second-order valence-electron chi connectivity index (χ2n) is 7.59. The summed E-state index contributed by atoms with van der Waals surface area (Å²) in [5.41, 5.74) is 4.20. The van der Waals surface area contributed by atoms with Crippen LogP contribution in [-0.4, -0.2) is 45.2 Å². The number of rotatable bonds is 6. The van der Waals surface area contributed by atoms with E-state index in [0.29, 0.717) is 17.8 Å². The van der Waals surface area contributed by atoms with Crippen LogP contribution in [-0.2, 0) is 6.42 Å². The number of hydrogen-bond acceptors (Lipinski definition) is 5. The van der Waals surface area contributed by atoms with Crippen molar-refractivity contribution in [1.29, 1.82) is 0 Å². The van der Waals surface area contributed by atoms with Gasteiger partial charge in [0, 0.05) is 49.4 Å². The number of aryl methyl sites for hydroxylation is 2. The molecule has 0 radical (unpaired) electrons. The van der Waals surface area contributed by atoms with Crippen molar-refractivity contribution >= 4 is 22.6 Å². The fourth-order valence-corrected chi connectivity index (χ4v) is 3.55. The maximum atomic E-state index is 13.0. The van der Waals surface area contributed by atoms with Gasteiger partial charge < -0.3 is 15.2 Å². The predicted molar refractivity (Wildman–Crippen MR) is 117 cm³/mol. The Bertz CT molecular complexity index is 1190. The number of carbonyl (C=O) groups excluding carboxylic acids is 1. The van der Waals surface area contributed by atoms with Crippen LogP contribution in [0.5, 0.6) is 0 Å². The van der Waals surface area contributed by atoms with E-state index in [1.165, 1.54) is 0 Å². The Hall–Kier alpha value is -3.68. The largest absolute Gasteiger partial charge is 0.363 e. The quantitative estimate of drug-likeness (QED) is 0.459. The summed E-state index contributed by atoms with van der Waals surface area (Å²) >= 11 is 0. The van der Waals surface area contributed by atoms with E-state index in [9.17, 15) is 4.79 Å². The minimum absolute atomic E-state index is 0.186. The van der Waals surface area contributed by atoms with Crippen molar-refractivity contribution in [3.05, 3.63) is 71.1 Å². The first-order valence-electron chi connectivity index (χ1n) is 9.81. The molecule has 3 heterocycles. The van der Waals surface area contributed by atoms with E-state index < -0.39 is 0 Å². The zero-order valence-corrected chi connectivity index (χ0v) is 17.5. The number of para-hydroxylation sites is 1. The van der Waals surface area contributed by atoms with Crippen LogP contribution < -0.4 is 10.2 Å². The minimum Gasteiger partial charge on any atom is -0.363 e. The van der Waals surface area contributed by atoms with E-state index in [1.54, 1.807) is 6.20 Å². The third-order valence-corrected chi connectivity index (χ3v) is 5.14. The molecule has 1 atom stereocenters. The number of benzene rings is 1. The molecule has 0 aliphatic carbocycles. The van der Waals surface area contributed by atoms with Crippen molar-refractivity contribution in [2.24, 2.45) is 0 Å². The molecule has 8 nitrogen and oxygen atoms in total. The Morgan fingerprint density at radius 2 is 2.00 bits per heavy atom. The predicted octanol–water partition coefficient (Wildman–Crippen LogP) is 3.08. The van der Waals surface area contributed by atoms with Gasteiger partial charge in [-0.3, -0.25) is 9.89 Å². The lowest BCUT2D eigenvalue weighted by Gasteiger charge is -2.21. The molecule has 0 unspecified atom stereocenters. The molecule has 0 aliphatic rings. The summed E-state index contributed by atoms with van der Waals surface area (Å²) in [4.78, 5) is 27.3. The third kappa shape index (κ3) is 3.89. The van der Waals surface area contributed by atoms with Crippen LogP contribution >= 0.6 is 0 Å². The first-order valence-corrected chi connectivity index (χ1v) is 9.81. The highest BCUT2D eigenvalue weighted by molar-refractivity contribution is 5.95. The van der Waals surface area contributed by atoms with Crippen molar-refractivity contribution in [1.82, 2.24) is 30.5 Å². The normalized spacial score (nSPS) is 12.1. The standard InChI is InChI=1S/C22H25N7O/c1-13-17(12-24-28-13)22(30)27-19(20-10-21(29(3)4)26-14(2)25-20)9-15-11-23-18-8-6-5-7-16(15)18/h5-8,10-12,19,23H,9H2,1-4H3,(H,24,28)(H,27,30)/t19-/m1/s1. The summed E-state index contributed by atoms with van der Waals surface area (Å²) in [6, 6.07) is 9.74. The summed E-state index contributed by atoms with van der Waals surface area (Å²) in [7, 11) is 3.88. The van der Waals surface area contributed by atoms with Gasteiger partial charge in [0.15, 0.2) is 0 Å². The highest BCUT2D eigenvalue weighted by atomic mass is 16.1. The summed E-state index contributed by atoms with van der Waals surface area (Å²) in [5, 5.41) is 11.1. The van der Waals surface area contributed by atoms with E-state index in [-0.39, 0.29) is 11.9 Å². The molecule has 0 fully saturated rings.